The van der Waals surface area contributed by atoms with Gasteiger partial charge in [-0.25, -0.2) is 0 Å². The summed E-state index contributed by atoms with van der Waals surface area (Å²) in [6.45, 7) is 9.73. The van der Waals surface area contributed by atoms with Crippen LogP contribution in [0.2, 0.25) is 0 Å². The molecule has 0 bridgehead atoms. The van der Waals surface area contributed by atoms with Crippen LogP contribution in [0.1, 0.15) is 89.9 Å². The highest BCUT2D eigenvalue weighted by molar-refractivity contribution is 5.77. The summed E-state index contributed by atoms with van der Waals surface area (Å²) in [5.74, 6) is -0.863. The van der Waals surface area contributed by atoms with Crippen LogP contribution in [0.25, 0.3) is 0 Å². The third-order valence-corrected chi connectivity index (χ3v) is 6.99. The van der Waals surface area contributed by atoms with Crippen LogP contribution in [0.5, 0.6) is 0 Å². The summed E-state index contributed by atoms with van der Waals surface area (Å²) in [4.78, 5) is 34.3. The zero-order chi connectivity index (χ0) is 34.5. The highest BCUT2D eigenvalue weighted by Crippen LogP contribution is 2.13. The van der Waals surface area contributed by atoms with E-state index in [0.717, 1.165) is 44.2 Å². The molecule has 4 N–H and O–H groups in total. The molecule has 276 valence electrons. The summed E-state index contributed by atoms with van der Waals surface area (Å²) in [6, 6.07) is 0. The van der Waals surface area contributed by atoms with Crippen LogP contribution in [-0.4, -0.2) is 122 Å². The lowest BCUT2D eigenvalue weighted by Gasteiger charge is -2.11. The molecule has 2 amide bonds. The number of carbonyl (C=O) groups excluding carboxylic acids is 2. The maximum Gasteiger partial charge on any atom is 0.303 e. The summed E-state index contributed by atoms with van der Waals surface area (Å²) in [5, 5.41) is 17.4. The van der Waals surface area contributed by atoms with E-state index in [4.69, 9.17) is 33.5 Å². The fraction of sp³-hybridized carbons (Fsp3) is 0.853. The summed E-state index contributed by atoms with van der Waals surface area (Å²) >= 11 is 0. The SMILES string of the molecule is C=C(COCCOCCNC(=O)COCCOCCNC(=O)CCCCCCCCCCCCCCC(=O)O)NCCOCCOC. The standard InChI is InChI=1S/C34H65N3O10/c1-31(35-17-20-43-24-23-42-2)29-46-27-25-45-22-19-37-33(39)30-47-28-26-44-21-18-36-32(38)15-13-11-9-7-5-3-4-6-8-10-12-14-16-34(40)41/h35H,1,3-30H2,2H3,(H,36,38)(H,37,39)(H,40,41). The van der Waals surface area contributed by atoms with Crippen LogP contribution in [-0.2, 0) is 42.8 Å². The Morgan fingerprint density at radius 1 is 0.489 bits per heavy atom. The molecular weight excluding hydrogens is 610 g/mol. The first-order chi connectivity index (χ1) is 23.0. The number of amides is 2. The largest absolute Gasteiger partial charge is 0.481 e. The van der Waals surface area contributed by atoms with Gasteiger partial charge in [0, 0.05) is 45.3 Å². The van der Waals surface area contributed by atoms with Gasteiger partial charge in [-0.05, 0) is 12.8 Å². The lowest BCUT2D eigenvalue weighted by Crippen LogP contribution is -2.31. The lowest BCUT2D eigenvalue weighted by molar-refractivity contribution is -0.137. The Bertz CT molecular complexity index is 758. The van der Waals surface area contributed by atoms with Crippen molar-refractivity contribution < 1.29 is 47.9 Å². The summed E-state index contributed by atoms with van der Waals surface area (Å²) in [5.41, 5.74) is 0.775. The minimum atomic E-state index is -0.697. The summed E-state index contributed by atoms with van der Waals surface area (Å²) in [6.07, 6.45) is 14.3. The molecule has 47 heavy (non-hydrogen) atoms. The normalized spacial score (nSPS) is 11.0. The molecule has 0 aliphatic carbocycles. The van der Waals surface area contributed by atoms with Gasteiger partial charge in [0.25, 0.3) is 0 Å². The van der Waals surface area contributed by atoms with Crippen LogP contribution >= 0.6 is 0 Å². The molecule has 0 radical (unpaired) electrons. The van der Waals surface area contributed by atoms with E-state index in [0.29, 0.717) is 98.5 Å². The van der Waals surface area contributed by atoms with Crippen molar-refractivity contribution in [2.24, 2.45) is 0 Å². The highest BCUT2D eigenvalue weighted by Gasteiger charge is 2.03. The van der Waals surface area contributed by atoms with Gasteiger partial charge in [0.15, 0.2) is 0 Å². The molecule has 0 aliphatic heterocycles. The van der Waals surface area contributed by atoms with Crippen molar-refractivity contribution in [2.45, 2.75) is 89.9 Å². The van der Waals surface area contributed by atoms with Gasteiger partial charge in [-0.15, -0.1) is 0 Å². The van der Waals surface area contributed by atoms with Gasteiger partial charge < -0.3 is 49.5 Å². The molecule has 0 rings (SSSR count). The molecule has 0 unspecified atom stereocenters. The van der Waals surface area contributed by atoms with Gasteiger partial charge in [0.2, 0.25) is 11.8 Å². The average Bonchev–Trinajstić information content (AvgIpc) is 3.05. The fourth-order valence-corrected chi connectivity index (χ4v) is 4.39. The van der Waals surface area contributed by atoms with Crippen molar-refractivity contribution in [2.75, 3.05) is 99.4 Å². The monoisotopic (exact) mass is 675 g/mol. The minimum absolute atomic E-state index is 0.0483. The van der Waals surface area contributed by atoms with Gasteiger partial charge in [-0.2, -0.15) is 0 Å². The summed E-state index contributed by atoms with van der Waals surface area (Å²) in [7, 11) is 1.64. The van der Waals surface area contributed by atoms with Crippen LogP contribution < -0.4 is 16.0 Å². The zero-order valence-electron chi connectivity index (χ0n) is 29.1. The van der Waals surface area contributed by atoms with Crippen molar-refractivity contribution >= 4 is 17.8 Å². The molecule has 0 saturated carbocycles. The van der Waals surface area contributed by atoms with E-state index >= 15 is 0 Å². The van der Waals surface area contributed by atoms with Crippen molar-refractivity contribution in [3.05, 3.63) is 12.3 Å². The van der Waals surface area contributed by atoms with Crippen LogP contribution in [0.4, 0.5) is 0 Å². The fourth-order valence-electron chi connectivity index (χ4n) is 4.39. The Morgan fingerprint density at radius 3 is 1.40 bits per heavy atom. The number of nitrogens with one attached hydrogen (secondary N) is 3. The molecule has 0 aromatic heterocycles. The lowest BCUT2D eigenvalue weighted by atomic mass is 10.0. The first-order valence-corrected chi connectivity index (χ1v) is 17.5. The predicted octanol–water partition coefficient (Wildman–Crippen LogP) is 3.60. The molecule has 0 atom stereocenters. The van der Waals surface area contributed by atoms with E-state index in [1.165, 1.54) is 38.5 Å². The van der Waals surface area contributed by atoms with Crippen molar-refractivity contribution in [1.82, 2.24) is 16.0 Å². The van der Waals surface area contributed by atoms with Gasteiger partial charge >= 0.3 is 5.97 Å². The Morgan fingerprint density at radius 2 is 0.894 bits per heavy atom. The Labute approximate surface area is 283 Å². The van der Waals surface area contributed by atoms with Gasteiger partial charge in [-0.3, -0.25) is 14.4 Å². The van der Waals surface area contributed by atoms with Crippen molar-refractivity contribution in [3.8, 4) is 0 Å². The first-order valence-electron chi connectivity index (χ1n) is 17.5. The minimum Gasteiger partial charge on any atom is -0.481 e. The number of carbonyl (C=O) groups is 3. The second kappa shape index (κ2) is 36.5. The number of methoxy groups -OCH3 is 1. The number of unbranched alkanes of at least 4 members (excludes halogenated alkanes) is 11. The number of carboxylic acids is 1. The molecule has 0 spiro atoms. The molecule has 13 heteroatoms. The molecule has 0 fully saturated rings. The molecule has 0 saturated heterocycles. The van der Waals surface area contributed by atoms with E-state index in [2.05, 4.69) is 22.5 Å². The second-order valence-electron chi connectivity index (χ2n) is 11.3. The van der Waals surface area contributed by atoms with Crippen molar-refractivity contribution in [1.29, 1.82) is 0 Å². The molecule has 0 aromatic rings. The van der Waals surface area contributed by atoms with Crippen LogP contribution in [0, 0.1) is 0 Å². The number of rotatable bonds is 38. The highest BCUT2D eigenvalue weighted by atomic mass is 16.5. The number of ether oxygens (including phenoxy) is 6. The van der Waals surface area contributed by atoms with E-state index in [-0.39, 0.29) is 18.4 Å². The third kappa shape index (κ3) is 38.0. The van der Waals surface area contributed by atoms with E-state index in [1.54, 1.807) is 7.11 Å². The average molecular weight is 676 g/mol. The second-order valence-corrected chi connectivity index (χ2v) is 11.3. The van der Waals surface area contributed by atoms with Gasteiger partial charge in [-0.1, -0.05) is 70.8 Å². The molecule has 13 nitrogen and oxygen atoms in total. The number of carboxylic acid groups (broad SMARTS) is 1. The van der Waals surface area contributed by atoms with Crippen molar-refractivity contribution in [3.63, 3.8) is 0 Å². The maximum absolute atomic E-state index is 12.0. The molecule has 0 aliphatic rings. The smallest absolute Gasteiger partial charge is 0.303 e. The molecular formula is C34H65N3O10. The third-order valence-electron chi connectivity index (χ3n) is 6.99. The number of aliphatic carboxylic acids is 1. The first kappa shape index (κ1) is 44.7. The van der Waals surface area contributed by atoms with Gasteiger partial charge in [0.05, 0.1) is 66.1 Å². The number of hydrogen-bond donors (Lipinski definition) is 4. The Balaban J connectivity index is 3.31. The zero-order valence-corrected chi connectivity index (χ0v) is 29.1. The van der Waals surface area contributed by atoms with Gasteiger partial charge in [0.1, 0.15) is 6.61 Å². The Kier molecular flexibility index (Phi) is 34.8. The van der Waals surface area contributed by atoms with Crippen LogP contribution in [0.3, 0.4) is 0 Å². The topological polar surface area (TPSA) is 163 Å². The quantitative estimate of drug-likeness (QED) is 0.0708. The van der Waals surface area contributed by atoms with E-state index < -0.39 is 5.97 Å². The maximum atomic E-state index is 12.0. The Hall–Kier alpha value is -2.29. The molecule has 0 aromatic carbocycles. The summed E-state index contributed by atoms with van der Waals surface area (Å²) < 4.78 is 32.0. The van der Waals surface area contributed by atoms with Crippen LogP contribution in [0.15, 0.2) is 12.3 Å². The van der Waals surface area contributed by atoms with E-state index in [1.807, 2.05) is 0 Å². The van der Waals surface area contributed by atoms with E-state index in [9.17, 15) is 14.4 Å². The predicted molar refractivity (Wildman–Crippen MR) is 181 cm³/mol. The number of hydrogen-bond acceptors (Lipinski definition) is 10. The molecule has 0 heterocycles.